The number of rotatable bonds is 6. The molecule has 0 aromatic rings. The van der Waals surface area contributed by atoms with Crippen LogP contribution in [0.3, 0.4) is 0 Å². The molecule has 1 unspecified atom stereocenters. The first-order valence-corrected chi connectivity index (χ1v) is 6.00. The standard InChI is InChI=1S/C13H16F3NO4/c1-20-11-4-3-8(10(19)6-17-7-18)9(13(14,15)16)5-12(11)21-2/h4-5,7,10,19H,3,6H2,1-2H3,(H,17,18). The number of hydrogen-bond acceptors (Lipinski definition) is 4. The third-order valence-corrected chi connectivity index (χ3v) is 2.91. The Hall–Kier alpha value is -1.96. The number of halogens is 3. The van der Waals surface area contributed by atoms with Crippen molar-refractivity contribution in [2.45, 2.75) is 18.7 Å². The van der Waals surface area contributed by atoms with Crippen molar-refractivity contribution in [3.63, 3.8) is 0 Å². The Labute approximate surface area is 119 Å². The summed E-state index contributed by atoms with van der Waals surface area (Å²) in [6.45, 7) is -0.315. The third-order valence-electron chi connectivity index (χ3n) is 2.91. The SMILES string of the molecule is COC1=CCC(C(O)CNC=O)=C(C(F)(F)F)C=C1OC. The molecule has 1 aliphatic carbocycles. The van der Waals surface area contributed by atoms with Crippen LogP contribution in [0, 0.1) is 0 Å². The maximum atomic E-state index is 13.2. The van der Waals surface area contributed by atoms with Crippen molar-refractivity contribution in [3.8, 4) is 0 Å². The normalized spacial score (nSPS) is 17.4. The lowest BCUT2D eigenvalue weighted by atomic mass is 9.99. The largest absolute Gasteiger partial charge is 0.493 e. The Morgan fingerprint density at radius 2 is 2.00 bits per heavy atom. The number of nitrogens with one attached hydrogen (secondary N) is 1. The minimum absolute atomic E-state index is 0.0876. The molecule has 2 N–H and O–H groups in total. The summed E-state index contributed by atoms with van der Waals surface area (Å²) >= 11 is 0. The lowest BCUT2D eigenvalue weighted by Crippen LogP contribution is -2.29. The maximum Gasteiger partial charge on any atom is 0.416 e. The van der Waals surface area contributed by atoms with E-state index in [1.54, 1.807) is 0 Å². The third kappa shape index (κ3) is 4.25. The molecule has 0 aromatic heterocycles. The molecule has 0 spiro atoms. The highest BCUT2D eigenvalue weighted by Crippen LogP contribution is 2.36. The van der Waals surface area contributed by atoms with E-state index in [1.807, 2.05) is 0 Å². The fourth-order valence-corrected chi connectivity index (χ4v) is 1.91. The zero-order valence-corrected chi connectivity index (χ0v) is 11.5. The fourth-order valence-electron chi connectivity index (χ4n) is 1.91. The zero-order valence-electron chi connectivity index (χ0n) is 11.5. The van der Waals surface area contributed by atoms with Crippen LogP contribution >= 0.6 is 0 Å². The van der Waals surface area contributed by atoms with Crippen LogP contribution in [0.5, 0.6) is 0 Å². The molecule has 118 valence electrons. The van der Waals surface area contributed by atoms with Gasteiger partial charge >= 0.3 is 6.18 Å². The van der Waals surface area contributed by atoms with E-state index in [4.69, 9.17) is 9.47 Å². The van der Waals surface area contributed by atoms with Crippen LogP contribution in [0.1, 0.15) is 6.42 Å². The minimum atomic E-state index is -4.67. The summed E-state index contributed by atoms with van der Waals surface area (Å²) < 4.78 is 49.4. The average Bonchev–Trinajstić information content (AvgIpc) is 2.63. The van der Waals surface area contributed by atoms with Gasteiger partial charge < -0.3 is 19.9 Å². The molecule has 8 heteroatoms. The molecule has 21 heavy (non-hydrogen) atoms. The van der Waals surface area contributed by atoms with Gasteiger partial charge in [-0.2, -0.15) is 13.2 Å². The average molecular weight is 307 g/mol. The van der Waals surface area contributed by atoms with Gasteiger partial charge in [0, 0.05) is 6.54 Å². The van der Waals surface area contributed by atoms with Gasteiger partial charge in [-0.1, -0.05) is 0 Å². The molecule has 0 aliphatic heterocycles. The predicted molar refractivity (Wildman–Crippen MR) is 68.0 cm³/mol. The fraction of sp³-hybridized carbons (Fsp3) is 0.462. The van der Waals surface area contributed by atoms with Crippen molar-refractivity contribution < 1.29 is 32.5 Å². The van der Waals surface area contributed by atoms with E-state index in [1.165, 1.54) is 20.3 Å². The topological polar surface area (TPSA) is 67.8 Å². The van der Waals surface area contributed by atoms with Gasteiger partial charge in [0.25, 0.3) is 0 Å². The summed E-state index contributed by atoms with van der Waals surface area (Å²) in [7, 11) is 2.53. The summed E-state index contributed by atoms with van der Waals surface area (Å²) in [5, 5.41) is 12.0. The number of hydrogen-bond donors (Lipinski definition) is 2. The molecule has 0 heterocycles. The van der Waals surface area contributed by atoms with Crippen LogP contribution in [-0.4, -0.2) is 44.6 Å². The molecule has 0 saturated heterocycles. The van der Waals surface area contributed by atoms with Gasteiger partial charge in [0.2, 0.25) is 6.41 Å². The molecular weight excluding hydrogens is 291 g/mol. The first kappa shape index (κ1) is 17.1. The minimum Gasteiger partial charge on any atom is -0.493 e. The van der Waals surface area contributed by atoms with Crippen molar-refractivity contribution in [3.05, 3.63) is 34.8 Å². The lowest BCUT2D eigenvalue weighted by Gasteiger charge is -2.18. The smallest absolute Gasteiger partial charge is 0.416 e. The monoisotopic (exact) mass is 307 g/mol. The van der Waals surface area contributed by atoms with Crippen LogP contribution in [0.15, 0.2) is 34.8 Å². The van der Waals surface area contributed by atoms with Gasteiger partial charge in [0.1, 0.15) is 0 Å². The van der Waals surface area contributed by atoms with Crippen molar-refractivity contribution in [2.24, 2.45) is 0 Å². The summed E-state index contributed by atoms with van der Waals surface area (Å²) in [6, 6.07) is 0. The highest BCUT2D eigenvalue weighted by molar-refractivity contribution is 5.47. The van der Waals surface area contributed by atoms with Crippen molar-refractivity contribution >= 4 is 6.41 Å². The van der Waals surface area contributed by atoms with E-state index in [2.05, 4.69) is 5.32 Å². The molecule has 0 aromatic carbocycles. The second-order valence-electron chi connectivity index (χ2n) is 4.17. The van der Waals surface area contributed by atoms with Gasteiger partial charge in [0.05, 0.1) is 25.9 Å². The molecule has 0 saturated carbocycles. The maximum absolute atomic E-state index is 13.2. The number of ether oxygens (including phenoxy) is 2. The molecule has 1 aliphatic rings. The van der Waals surface area contributed by atoms with E-state index in [0.29, 0.717) is 6.41 Å². The van der Waals surface area contributed by atoms with Gasteiger partial charge in [-0.25, -0.2) is 0 Å². The molecule has 1 atom stereocenters. The van der Waals surface area contributed by atoms with E-state index in [0.717, 1.165) is 6.08 Å². The summed E-state index contributed by atoms with van der Waals surface area (Å²) in [5.41, 5.74) is -1.28. The quantitative estimate of drug-likeness (QED) is 0.728. The molecule has 1 rings (SSSR count). The summed E-state index contributed by atoms with van der Waals surface area (Å²) in [5.74, 6) is 0.0557. The number of alkyl halides is 3. The number of carbonyl (C=O) groups is 1. The number of amides is 1. The van der Waals surface area contributed by atoms with E-state index in [9.17, 15) is 23.1 Å². The van der Waals surface area contributed by atoms with Gasteiger partial charge in [-0.3, -0.25) is 4.79 Å². The van der Waals surface area contributed by atoms with Gasteiger partial charge in [0.15, 0.2) is 11.5 Å². The first-order chi connectivity index (χ1) is 9.85. The number of methoxy groups -OCH3 is 2. The Balaban J connectivity index is 3.30. The first-order valence-electron chi connectivity index (χ1n) is 6.00. The molecule has 1 amide bonds. The molecular formula is C13H16F3NO4. The molecule has 0 bridgehead atoms. The number of carbonyl (C=O) groups excluding carboxylic acids is 1. The molecule has 0 radical (unpaired) electrons. The lowest BCUT2D eigenvalue weighted by molar-refractivity contribution is -0.109. The molecule has 0 fully saturated rings. The second kappa shape index (κ2) is 7.16. The Bertz CT molecular complexity index is 480. The van der Waals surface area contributed by atoms with E-state index >= 15 is 0 Å². The number of allylic oxidation sites excluding steroid dienone is 3. The molecule has 5 nitrogen and oxygen atoms in total. The number of aliphatic hydroxyl groups is 1. The van der Waals surface area contributed by atoms with Crippen LogP contribution in [0.2, 0.25) is 0 Å². The number of aliphatic hydroxyl groups excluding tert-OH is 1. The van der Waals surface area contributed by atoms with Gasteiger partial charge in [-0.05, 0) is 24.1 Å². The van der Waals surface area contributed by atoms with Crippen LogP contribution in [0.4, 0.5) is 13.2 Å². The van der Waals surface area contributed by atoms with E-state index in [-0.39, 0.29) is 30.1 Å². The van der Waals surface area contributed by atoms with Crippen LogP contribution < -0.4 is 5.32 Å². The van der Waals surface area contributed by atoms with Crippen molar-refractivity contribution in [1.82, 2.24) is 5.32 Å². The highest BCUT2D eigenvalue weighted by Gasteiger charge is 2.38. The second-order valence-corrected chi connectivity index (χ2v) is 4.17. The van der Waals surface area contributed by atoms with Crippen LogP contribution in [0.25, 0.3) is 0 Å². The Morgan fingerprint density at radius 3 is 2.48 bits per heavy atom. The Morgan fingerprint density at radius 1 is 1.38 bits per heavy atom. The van der Waals surface area contributed by atoms with Gasteiger partial charge in [-0.15, -0.1) is 0 Å². The predicted octanol–water partition coefficient (Wildman–Crippen LogP) is 1.42. The van der Waals surface area contributed by atoms with Crippen molar-refractivity contribution in [2.75, 3.05) is 20.8 Å². The summed E-state index contributed by atoms with van der Waals surface area (Å²) in [4.78, 5) is 10.2. The van der Waals surface area contributed by atoms with Crippen molar-refractivity contribution in [1.29, 1.82) is 0 Å². The zero-order chi connectivity index (χ0) is 16.0. The Kier molecular flexibility index (Phi) is 5.83. The van der Waals surface area contributed by atoms with Crippen LogP contribution in [-0.2, 0) is 14.3 Å². The highest BCUT2D eigenvalue weighted by atomic mass is 19.4. The van der Waals surface area contributed by atoms with E-state index < -0.39 is 17.9 Å². The summed E-state index contributed by atoms with van der Waals surface area (Å²) in [6.07, 6.45) is -3.84.